The molecule has 1 aromatic rings. The summed E-state index contributed by atoms with van der Waals surface area (Å²) in [5.41, 5.74) is 1.65. The third-order valence-corrected chi connectivity index (χ3v) is 3.13. The third-order valence-electron chi connectivity index (χ3n) is 3.13. The van der Waals surface area contributed by atoms with E-state index in [0.717, 1.165) is 37.3 Å². The van der Waals surface area contributed by atoms with Gasteiger partial charge in [0.1, 0.15) is 0 Å². The molecule has 0 aromatic carbocycles. The van der Waals surface area contributed by atoms with Crippen LogP contribution in [0, 0.1) is 0 Å². The molecule has 1 atom stereocenters. The Balaban J connectivity index is 2.18. The molecule has 2 heterocycles. The van der Waals surface area contributed by atoms with E-state index in [2.05, 4.69) is 17.3 Å². The molecule has 0 bridgehead atoms. The molecular weight excluding hydrogens is 216 g/mol. The zero-order chi connectivity index (χ0) is 12.4. The second kappa shape index (κ2) is 4.87. The van der Waals surface area contributed by atoms with Crippen LogP contribution in [-0.2, 0) is 13.5 Å². The van der Waals surface area contributed by atoms with Crippen LogP contribution in [0.25, 0.3) is 0 Å². The molecule has 94 valence electrons. The largest absolute Gasteiger partial charge is 0.336 e. The molecule has 0 radical (unpaired) electrons. The average molecular weight is 236 g/mol. The number of rotatable bonds is 2. The number of aryl methyl sites for hydroxylation is 2. The summed E-state index contributed by atoms with van der Waals surface area (Å²) in [6.45, 7) is 6.55. The van der Waals surface area contributed by atoms with Crippen LogP contribution in [0.15, 0.2) is 6.20 Å². The van der Waals surface area contributed by atoms with Crippen LogP contribution in [0.4, 0.5) is 0 Å². The van der Waals surface area contributed by atoms with Crippen LogP contribution in [0.2, 0.25) is 0 Å². The summed E-state index contributed by atoms with van der Waals surface area (Å²) >= 11 is 0. The van der Waals surface area contributed by atoms with Gasteiger partial charge in [-0.15, -0.1) is 0 Å². The van der Waals surface area contributed by atoms with Crippen molar-refractivity contribution in [2.24, 2.45) is 7.05 Å². The molecular formula is C12H20N4O. The minimum absolute atomic E-state index is 0.114. The van der Waals surface area contributed by atoms with E-state index in [0.29, 0.717) is 6.04 Å². The second-order valence-corrected chi connectivity index (χ2v) is 4.62. The molecule has 1 aliphatic rings. The molecule has 0 unspecified atom stereocenters. The normalized spacial score (nSPS) is 20.6. The molecule has 1 N–H and O–H groups in total. The standard InChI is InChI=1S/C12H20N4O/c1-4-11-10(8-15(3)14-11)12(17)16-6-5-13-9(2)7-16/h8-9,13H,4-7H2,1-3H3/t9-/m1/s1. The van der Waals surface area contributed by atoms with E-state index in [1.165, 1.54) is 0 Å². The molecule has 0 spiro atoms. The van der Waals surface area contributed by atoms with Crippen molar-refractivity contribution < 1.29 is 4.79 Å². The van der Waals surface area contributed by atoms with Crippen molar-refractivity contribution in [1.29, 1.82) is 0 Å². The van der Waals surface area contributed by atoms with Crippen molar-refractivity contribution in [3.63, 3.8) is 0 Å². The summed E-state index contributed by atoms with van der Waals surface area (Å²) in [7, 11) is 1.86. The lowest BCUT2D eigenvalue weighted by Crippen LogP contribution is -2.51. The first kappa shape index (κ1) is 12.1. The summed E-state index contributed by atoms with van der Waals surface area (Å²) in [6.07, 6.45) is 2.62. The first-order valence-electron chi connectivity index (χ1n) is 6.17. The van der Waals surface area contributed by atoms with Gasteiger partial charge >= 0.3 is 0 Å². The van der Waals surface area contributed by atoms with E-state index >= 15 is 0 Å². The molecule has 1 fully saturated rings. The van der Waals surface area contributed by atoms with Gasteiger partial charge in [-0.25, -0.2) is 0 Å². The van der Waals surface area contributed by atoms with E-state index < -0.39 is 0 Å². The van der Waals surface area contributed by atoms with Crippen molar-refractivity contribution >= 4 is 5.91 Å². The summed E-state index contributed by atoms with van der Waals surface area (Å²) in [6, 6.07) is 0.370. The highest BCUT2D eigenvalue weighted by Gasteiger charge is 2.24. The van der Waals surface area contributed by atoms with Gasteiger partial charge in [0.05, 0.1) is 11.3 Å². The van der Waals surface area contributed by atoms with Crippen molar-refractivity contribution in [3.8, 4) is 0 Å². The Hall–Kier alpha value is -1.36. The predicted molar refractivity (Wildman–Crippen MR) is 66.0 cm³/mol. The van der Waals surface area contributed by atoms with Crippen LogP contribution in [0.1, 0.15) is 29.9 Å². The van der Waals surface area contributed by atoms with Gasteiger partial charge in [0.25, 0.3) is 5.91 Å². The maximum absolute atomic E-state index is 12.4. The highest BCUT2D eigenvalue weighted by Crippen LogP contribution is 2.12. The van der Waals surface area contributed by atoms with Crippen molar-refractivity contribution in [2.75, 3.05) is 19.6 Å². The molecule has 1 aliphatic heterocycles. The van der Waals surface area contributed by atoms with Gasteiger partial charge in [0.2, 0.25) is 0 Å². The number of hydrogen-bond donors (Lipinski definition) is 1. The highest BCUT2D eigenvalue weighted by atomic mass is 16.2. The van der Waals surface area contributed by atoms with Crippen molar-refractivity contribution in [3.05, 3.63) is 17.5 Å². The van der Waals surface area contributed by atoms with Gasteiger partial charge in [0.15, 0.2) is 0 Å². The fraction of sp³-hybridized carbons (Fsp3) is 0.667. The van der Waals surface area contributed by atoms with E-state index in [-0.39, 0.29) is 5.91 Å². The maximum atomic E-state index is 12.4. The predicted octanol–water partition coefficient (Wildman–Crippen LogP) is 0.416. The topological polar surface area (TPSA) is 50.2 Å². The lowest BCUT2D eigenvalue weighted by atomic mass is 10.1. The monoisotopic (exact) mass is 236 g/mol. The van der Waals surface area contributed by atoms with Crippen molar-refractivity contribution in [1.82, 2.24) is 20.0 Å². The van der Waals surface area contributed by atoms with Gasteiger partial charge in [-0.3, -0.25) is 9.48 Å². The van der Waals surface area contributed by atoms with E-state index in [9.17, 15) is 4.79 Å². The molecule has 5 nitrogen and oxygen atoms in total. The fourth-order valence-electron chi connectivity index (χ4n) is 2.26. The van der Waals surface area contributed by atoms with Gasteiger partial charge < -0.3 is 10.2 Å². The number of nitrogens with zero attached hydrogens (tertiary/aromatic N) is 3. The average Bonchev–Trinajstić information content (AvgIpc) is 2.69. The van der Waals surface area contributed by atoms with Crippen LogP contribution in [0.5, 0.6) is 0 Å². The summed E-state index contributed by atoms with van der Waals surface area (Å²) in [5.74, 6) is 0.114. The number of aromatic nitrogens is 2. The quantitative estimate of drug-likeness (QED) is 0.809. The summed E-state index contributed by atoms with van der Waals surface area (Å²) < 4.78 is 1.72. The first-order valence-corrected chi connectivity index (χ1v) is 6.17. The van der Waals surface area contributed by atoms with Crippen LogP contribution in [0.3, 0.4) is 0 Å². The Kier molecular flexibility index (Phi) is 3.47. The Labute approximate surface area is 102 Å². The van der Waals surface area contributed by atoms with Crippen LogP contribution in [-0.4, -0.2) is 46.3 Å². The Morgan fingerprint density at radius 1 is 1.65 bits per heavy atom. The minimum Gasteiger partial charge on any atom is -0.336 e. The molecule has 1 aromatic heterocycles. The van der Waals surface area contributed by atoms with E-state index in [1.807, 2.05) is 25.1 Å². The fourth-order valence-corrected chi connectivity index (χ4v) is 2.26. The zero-order valence-corrected chi connectivity index (χ0v) is 10.7. The molecule has 0 aliphatic carbocycles. The summed E-state index contributed by atoms with van der Waals surface area (Å²) in [5, 5.41) is 7.65. The highest BCUT2D eigenvalue weighted by molar-refractivity contribution is 5.95. The molecule has 5 heteroatoms. The van der Waals surface area contributed by atoms with E-state index in [1.54, 1.807) is 4.68 Å². The second-order valence-electron chi connectivity index (χ2n) is 4.62. The maximum Gasteiger partial charge on any atom is 0.257 e. The molecule has 2 rings (SSSR count). The van der Waals surface area contributed by atoms with Gasteiger partial charge in [-0.1, -0.05) is 6.92 Å². The molecule has 0 saturated carbocycles. The lowest BCUT2D eigenvalue weighted by Gasteiger charge is -2.31. The molecule has 17 heavy (non-hydrogen) atoms. The zero-order valence-electron chi connectivity index (χ0n) is 10.7. The molecule has 1 saturated heterocycles. The number of amides is 1. The number of nitrogens with one attached hydrogen (secondary N) is 1. The smallest absolute Gasteiger partial charge is 0.257 e. The minimum atomic E-state index is 0.114. The van der Waals surface area contributed by atoms with Gasteiger partial charge in [0, 0.05) is 38.9 Å². The Morgan fingerprint density at radius 3 is 3.06 bits per heavy atom. The number of carbonyl (C=O) groups is 1. The number of piperazine rings is 1. The SMILES string of the molecule is CCc1nn(C)cc1C(=O)N1CCN[C@H](C)C1. The van der Waals surface area contributed by atoms with Crippen LogP contribution >= 0.6 is 0 Å². The van der Waals surface area contributed by atoms with Crippen molar-refractivity contribution in [2.45, 2.75) is 26.3 Å². The molecule has 1 amide bonds. The Morgan fingerprint density at radius 2 is 2.41 bits per heavy atom. The number of hydrogen-bond acceptors (Lipinski definition) is 3. The van der Waals surface area contributed by atoms with Gasteiger partial charge in [-0.2, -0.15) is 5.10 Å². The van der Waals surface area contributed by atoms with Crippen LogP contribution < -0.4 is 5.32 Å². The number of carbonyl (C=O) groups excluding carboxylic acids is 1. The van der Waals surface area contributed by atoms with Gasteiger partial charge in [-0.05, 0) is 13.3 Å². The lowest BCUT2D eigenvalue weighted by molar-refractivity contribution is 0.0708. The Bertz CT molecular complexity index is 413. The first-order chi connectivity index (χ1) is 8.11. The summed E-state index contributed by atoms with van der Waals surface area (Å²) in [4.78, 5) is 14.3. The van der Waals surface area contributed by atoms with E-state index in [4.69, 9.17) is 0 Å². The third kappa shape index (κ3) is 2.49.